The predicted molar refractivity (Wildman–Crippen MR) is 133 cm³/mol. The summed E-state index contributed by atoms with van der Waals surface area (Å²) in [6.07, 6.45) is 5.38. The summed E-state index contributed by atoms with van der Waals surface area (Å²) < 4.78 is 13.1. The molecular formula is C25H26N6O2S. The summed E-state index contributed by atoms with van der Waals surface area (Å²) in [4.78, 5) is 6.31. The van der Waals surface area contributed by atoms with Gasteiger partial charge in [-0.3, -0.25) is 0 Å². The minimum atomic E-state index is 0.185. The average molecular weight is 475 g/mol. The molecule has 0 aliphatic heterocycles. The summed E-state index contributed by atoms with van der Waals surface area (Å²) in [5, 5.41) is 13.6. The molecule has 2 heterocycles. The summed E-state index contributed by atoms with van der Waals surface area (Å²) in [5.74, 6) is 4.15. The number of rotatable bonds is 9. The number of nitrogens with zero attached hydrogens (tertiary/aromatic N) is 6. The Morgan fingerprint density at radius 1 is 1.15 bits per heavy atom. The van der Waals surface area contributed by atoms with E-state index in [0.717, 1.165) is 22.2 Å². The molecule has 4 rings (SSSR count). The van der Waals surface area contributed by atoms with Crippen LogP contribution in [0.4, 0.5) is 0 Å². The number of methoxy groups -OCH3 is 1. The number of tetrazole rings is 1. The smallest absolute Gasteiger partial charge is 0.200 e. The topological polar surface area (TPSA) is 79.9 Å². The van der Waals surface area contributed by atoms with Gasteiger partial charge in [0.2, 0.25) is 4.77 Å². The van der Waals surface area contributed by atoms with Crippen molar-refractivity contribution in [3.8, 4) is 29.4 Å². The summed E-state index contributed by atoms with van der Waals surface area (Å²) in [7, 11) is 1.63. The first-order valence-corrected chi connectivity index (χ1v) is 11.4. The van der Waals surface area contributed by atoms with Gasteiger partial charge in [0.15, 0.2) is 5.82 Å². The van der Waals surface area contributed by atoms with Crippen molar-refractivity contribution >= 4 is 23.1 Å². The molecule has 0 radical (unpaired) electrons. The third kappa shape index (κ3) is 5.14. The van der Waals surface area contributed by atoms with E-state index in [4.69, 9.17) is 33.1 Å². The highest BCUT2D eigenvalue weighted by Crippen LogP contribution is 2.31. The van der Waals surface area contributed by atoms with Gasteiger partial charge in [0.25, 0.3) is 0 Å². The van der Waals surface area contributed by atoms with Crippen LogP contribution in [0.2, 0.25) is 0 Å². The molecule has 0 amide bonds. The van der Waals surface area contributed by atoms with Gasteiger partial charge in [0, 0.05) is 18.1 Å². The van der Waals surface area contributed by atoms with E-state index in [-0.39, 0.29) is 6.61 Å². The molecule has 0 N–H and O–H groups in total. The van der Waals surface area contributed by atoms with Crippen molar-refractivity contribution in [2.75, 3.05) is 20.3 Å². The van der Waals surface area contributed by atoms with Crippen molar-refractivity contribution in [3.63, 3.8) is 0 Å². The maximum absolute atomic E-state index is 5.70. The molecule has 0 fully saturated rings. The number of ether oxygens (including phenoxy) is 2. The van der Waals surface area contributed by atoms with Crippen LogP contribution < -0.4 is 4.74 Å². The Kier molecular flexibility index (Phi) is 7.30. The minimum absolute atomic E-state index is 0.185. The van der Waals surface area contributed by atoms with Crippen molar-refractivity contribution in [1.82, 2.24) is 29.8 Å². The van der Waals surface area contributed by atoms with Crippen LogP contribution in [0.5, 0.6) is 5.75 Å². The summed E-state index contributed by atoms with van der Waals surface area (Å²) >= 11 is 5.70. The Morgan fingerprint density at radius 2 is 1.94 bits per heavy atom. The fourth-order valence-corrected chi connectivity index (χ4v) is 3.88. The highest BCUT2D eigenvalue weighted by Gasteiger charge is 2.14. The van der Waals surface area contributed by atoms with Crippen LogP contribution in [0.3, 0.4) is 0 Å². The van der Waals surface area contributed by atoms with Crippen LogP contribution in [0, 0.1) is 17.1 Å². The van der Waals surface area contributed by atoms with E-state index >= 15 is 0 Å². The molecule has 0 aliphatic rings. The summed E-state index contributed by atoms with van der Waals surface area (Å²) in [6, 6.07) is 14.2. The number of terminal acetylenes is 1. The fraction of sp³-hybridized carbons (Fsp3) is 0.320. The maximum Gasteiger partial charge on any atom is 0.200 e. The zero-order valence-electron chi connectivity index (χ0n) is 19.4. The molecule has 0 saturated heterocycles. The third-order valence-electron chi connectivity index (χ3n) is 5.41. The lowest BCUT2D eigenvalue weighted by atomic mass is 9.99. The molecule has 34 heavy (non-hydrogen) atoms. The monoisotopic (exact) mass is 474 g/mol. The maximum atomic E-state index is 5.70. The Labute approximate surface area is 203 Å². The molecule has 2 aromatic heterocycles. The Bertz CT molecular complexity index is 1390. The Balaban J connectivity index is 1.80. The molecule has 2 aromatic carbocycles. The molecule has 0 aliphatic carbocycles. The van der Waals surface area contributed by atoms with E-state index in [2.05, 4.69) is 59.4 Å². The SMILES string of the molecule is C#CCOc1ccc2c(c1)c(-c1ccc(C(C)C)cc1)nc(=S)n2Cc1nnn(CCOC)n1. The third-order valence-corrected chi connectivity index (χ3v) is 5.73. The highest BCUT2D eigenvalue weighted by molar-refractivity contribution is 7.71. The predicted octanol–water partition coefficient (Wildman–Crippen LogP) is 4.25. The lowest BCUT2D eigenvalue weighted by Gasteiger charge is -2.15. The largest absolute Gasteiger partial charge is 0.481 e. The van der Waals surface area contributed by atoms with Gasteiger partial charge in [0.05, 0.1) is 30.9 Å². The number of hydrogen-bond donors (Lipinski definition) is 0. The first-order chi connectivity index (χ1) is 16.5. The van der Waals surface area contributed by atoms with Crippen LogP contribution in [0.25, 0.3) is 22.2 Å². The van der Waals surface area contributed by atoms with Crippen LogP contribution in [0.1, 0.15) is 31.2 Å². The second-order valence-corrected chi connectivity index (χ2v) is 8.44. The van der Waals surface area contributed by atoms with Crippen molar-refractivity contribution in [1.29, 1.82) is 0 Å². The van der Waals surface area contributed by atoms with Gasteiger partial charge in [-0.25, -0.2) is 4.98 Å². The van der Waals surface area contributed by atoms with Gasteiger partial charge in [-0.15, -0.1) is 16.6 Å². The quantitative estimate of drug-likeness (QED) is 0.265. The summed E-state index contributed by atoms with van der Waals surface area (Å²) in [6.45, 7) is 5.89. The summed E-state index contributed by atoms with van der Waals surface area (Å²) in [5.41, 5.74) is 3.92. The van der Waals surface area contributed by atoms with E-state index in [1.54, 1.807) is 7.11 Å². The molecule has 0 bridgehead atoms. The van der Waals surface area contributed by atoms with Crippen molar-refractivity contribution in [3.05, 3.63) is 58.6 Å². The number of fused-ring (bicyclic) bond motifs is 1. The van der Waals surface area contributed by atoms with Crippen LogP contribution in [-0.2, 0) is 17.8 Å². The highest BCUT2D eigenvalue weighted by atomic mass is 32.1. The lowest BCUT2D eigenvalue weighted by molar-refractivity contribution is 0.178. The molecule has 8 nitrogen and oxygen atoms in total. The van der Waals surface area contributed by atoms with Crippen LogP contribution in [0.15, 0.2) is 42.5 Å². The van der Waals surface area contributed by atoms with Crippen molar-refractivity contribution < 1.29 is 9.47 Å². The second kappa shape index (κ2) is 10.5. The average Bonchev–Trinajstić information content (AvgIpc) is 3.30. The standard InChI is InChI=1S/C25H26N6O2S/c1-5-13-33-20-10-11-22-21(15-20)24(19-8-6-18(7-9-19)17(2)3)26-25(34)30(22)16-23-27-29-31(28-23)12-14-32-4/h1,6-11,15,17H,12-14,16H2,2-4H3. The number of aromatic nitrogens is 6. The number of hydrogen-bond acceptors (Lipinski definition) is 7. The number of benzene rings is 2. The first kappa shape index (κ1) is 23.5. The molecular weight excluding hydrogens is 448 g/mol. The minimum Gasteiger partial charge on any atom is -0.481 e. The zero-order valence-corrected chi connectivity index (χ0v) is 20.2. The van der Waals surface area contributed by atoms with Crippen molar-refractivity contribution in [2.45, 2.75) is 32.9 Å². The Morgan fingerprint density at radius 3 is 2.65 bits per heavy atom. The van der Waals surface area contributed by atoms with Gasteiger partial charge < -0.3 is 14.0 Å². The molecule has 0 atom stereocenters. The van der Waals surface area contributed by atoms with Crippen molar-refractivity contribution in [2.24, 2.45) is 0 Å². The Hall–Kier alpha value is -3.61. The normalized spacial score (nSPS) is 11.1. The van der Waals surface area contributed by atoms with Crippen LogP contribution >= 0.6 is 12.2 Å². The zero-order chi connectivity index (χ0) is 24.1. The van der Waals surface area contributed by atoms with Gasteiger partial charge >= 0.3 is 0 Å². The molecule has 0 saturated carbocycles. The van der Waals surface area contributed by atoms with E-state index < -0.39 is 0 Å². The fourth-order valence-electron chi connectivity index (χ4n) is 3.62. The molecule has 174 valence electrons. The molecule has 0 spiro atoms. The second-order valence-electron chi connectivity index (χ2n) is 8.07. The van der Waals surface area contributed by atoms with E-state index in [1.807, 2.05) is 22.8 Å². The molecule has 4 aromatic rings. The van der Waals surface area contributed by atoms with E-state index in [0.29, 0.717) is 42.0 Å². The van der Waals surface area contributed by atoms with E-state index in [1.165, 1.54) is 10.4 Å². The lowest BCUT2D eigenvalue weighted by Crippen LogP contribution is -2.10. The molecule has 0 unspecified atom stereocenters. The van der Waals surface area contributed by atoms with E-state index in [9.17, 15) is 0 Å². The first-order valence-electron chi connectivity index (χ1n) is 11.0. The van der Waals surface area contributed by atoms with Gasteiger partial charge in [-0.2, -0.15) is 4.80 Å². The molecule has 9 heteroatoms. The van der Waals surface area contributed by atoms with Gasteiger partial charge in [0.1, 0.15) is 12.4 Å². The van der Waals surface area contributed by atoms with Gasteiger partial charge in [-0.05, 0) is 47.1 Å². The van der Waals surface area contributed by atoms with Gasteiger partial charge in [-0.1, -0.05) is 44.0 Å². The van der Waals surface area contributed by atoms with Crippen LogP contribution in [-0.4, -0.2) is 50.1 Å².